The van der Waals surface area contributed by atoms with E-state index in [-0.39, 0.29) is 11.9 Å². The molecule has 1 aromatic heterocycles. The van der Waals surface area contributed by atoms with Crippen LogP contribution in [0.1, 0.15) is 32.6 Å². The van der Waals surface area contributed by atoms with Gasteiger partial charge in [-0.25, -0.2) is 4.98 Å². The lowest BCUT2D eigenvalue weighted by molar-refractivity contribution is -0.129. The van der Waals surface area contributed by atoms with Gasteiger partial charge in [-0.2, -0.15) is 4.98 Å². The number of methoxy groups -OCH3 is 2. The molecule has 1 aromatic carbocycles. The van der Waals surface area contributed by atoms with Gasteiger partial charge in [-0.3, -0.25) is 4.79 Å². The smallest absolute Gasteiger partial charge is 0.225 e. The molecule has 150 valence electrons. The topological polar surface area (TPSA) is 88.6 Å². The first-order chi connectivity index (χ1) is 13.6. The molecule has 0 bridgehead atoms. The molecule has 4 rings (SSSR count). The van der Waals surface area contributed by atoms with Crippen LogP contribution in [0.25, 0.3) is 10.9 Å². The predicted octanol–water partition coefficient (Wildman–Crippen LogP) is 2.64. The van der Waals surface area contributed by atoms with Gasteiger partial charge in [-0.05, 0) is 31.7 Å². The highest BCUT2D eigenvalue weighted by Gasteiger charge is 2.25. The average Bonchev–Trinajstić information content (AvgIpc) is 3.51. The lowest BCUT2D eigenvalue weighted by atomic mass is 10.0. The van der Waals surface area contributed by atoms with Crippen molar-refractivity contribution >= 4 is 28.6 Å². The van der Waals surface area contributed by atoms with Crippen molar-refractivity contribution < 1.29 is 14.3 Å². The second kappa shape index (κ2) is 7.69. The van der Waals surface area contributed by atoms with Crippen molar-refractivity contribution in [3.05, 3.63) is 12.1 Å². The van der Waals surface area contributed by atoms with Gasteiger partial charge in [0.2, 0.25) is 11.9 Å². The molecule has 0 radical (unpaired) electrons. The van der Waals surface area contributed by atoms with Gasteiger partial charge in [0.25, 0.3) is 0 Å². The molecule has 0 spiro atoms. The first kappa shape index (κ1) is 18.6. The number of rotatable bonds is 6. The maximum atomic E-state index is 11.6. The van der Waals surface area contributed by atoms with Gasteiger partial charge in [0.15, 0.2) is 11.5 Å². The largest absolute Gasteiger partial charge is 0.493 e. The van der Waals surface area contributed by atoms with Crippen molar-refractivity contribution in [3.63, 3.8) is 0 Å². The Morgan fingerprint density at radius 3 is 2.25 bits per heavy atom. The van der Waals surface area contributed by atoms with Crippen LogP contribution in [0.4, 0.5) is 11.8 Å². The van der Waals surface area contributed by atoms with E-state index < -0.39 is 0 Å². The summed E-state index contributed by atoms with van der Waals surface area (Å²) >= 11 is 0. The fourth-order valence-corrected chi connectivity index (χ4v) is 3.57. The molecule has 1 saturated carbocycles. The molecule has 1 aliphatic heterocycles. The van der Waals surface area contributed by atoms with Crippen LogP contribution in [0.15, 0.2) is 12.1 Å². The monoisotopic (exact) mass is 385 g/mol. The van der Waals surface area contributed by atoms with Gasteiger partial charge in [0.1, 0.15) is 5.82 Å². The lowest BCUT2D eigenvalue weighted by Gasteiger charge is -2.32. The molecule has 0 unspecified atom stereocenters. The maximum Gasteiger partial charge on any atom is 0.225 e. The molecule has 1 saturated heterocycles. The summed E-state index contributed by atoms with van der Waals surface area (Å²) < 4.78 is 10.9. The van der Waals surface area contributed by atoms with E-state index in [9.17, 15) is 4.79 Å². The van der Waals surface area contributed by atoms with Crippen LogP contribution in [-0.2, 0) is 4.79 Å². The Balaban J connectivity index is 1.65. The third kappa shape index (κ3) is 3.90. The zero-order chi connectivity index (χ0) is 19.7. The molecule has 2 aliphatic rings. The minimum absolute atomic E-state index is 0.138. The number of aromatic nitrogens is 2. The van der Waals surface area contributed by atoms with E-state index in [1.807, 2.05) is 17.0 Å². The summed E-state index contributed by atoms with van der Waals surface area (Å²) in [5.74, 6) is 2.85. The minimum atomic E-state index is 0.138. The van der Waals surface area contributed by atoms with Crippen LogP contribution in [0.2, 0.25) is 0 Å². The summed E-state index contributed by atoms with van der Waals surface area (Å²) in [6.45, 7) is 3.15. The lowest BCUT2D eigenvalue weighted by Crippen LogP contribution is -2.41. The number of piperidine rings is 1. The number of fused-ring (bicyclic) bond motifs is 1. The summed E-state index contributed by atoms with van der Waals surface area (Å²) in [5, 5.41) is 7.86. The second-order valence-corrected chi connectivity index (χ2v) is 7.46. The first-order valence-electron chi connectivity index (χ1n) is 9.79. The van der Waals surface area contributed by atoms with E-state index in [0.717, 1.165) is 55.5 Å². The number of nitrogens with zero attached hydrogens (tertiary/aromatic N) is 3. The van der Waals surface area contributed by atoms with E-state index in [4.69, 9.17) is 14.5 Å². The van der Waals surface area contributed by atoms with Gasteiger partial charge >= 0.3 is 0 Å². The van der Waals surface area contributed by atoms with E-state index in [1.54, 1.807) is 21.1 Å². The third-order valence-electron chi connectivity index (χ3n) is 5.39. The summed E-state index contributed by atoms with van der Waals surface area (Å²) in [4.78, 5) is 22.9. The van der Waals surface area contributed by atoms with Crippen molar-refractivity contribution in [1.29, 1.82) is 0 Å². The molecular weight excluding hydrogens is 358 g/mol. The Bertz CT molecular complexity index is 876. The summed E-state index contributed by atoms with van der Waals surface area (Å²) in [6, 6.07) is 4.53. The van der Waals surface area contributed by atoms with Crippen LogP contribution in [0.3, 0.4) is 0 Å². The predicted molar refractivity (Wildman–Crippen MR) is 108 cm³/mol. The van der Waals surface area contributed by atoms with E-state index in [2.05, 4.69) is 15.6 Å². The number of anilines is 2. The van der Waals surface area contributed by atoms with Crippen LogP contribution in [-0.4, -0.2) is 60.2 Å². The quantitative estimate of drug-likeness (QED) is 0.790. The van der Waals surface area contributed by atoms with E-state index in [0.29, 0.717) is 23.5 Å². The highest BCUT2D eigenvalue weighted by atomic mass is 16.5. The standard InChI is InChI=1S/C20H27N5O3/c1-12(26)25-8-6-14(7-9-25)21-19-15-10-17(27-2)18(28-3)11-16(15)23-20(24-19)22-13-4-5-13/h10-11,13-14H,4-9H2,1-3H3,(H2,21,22,23,24). The molecule has 2 N–H and O–H groups in total. The summed E-state index contributed by atoms with van der Waals surface area (Å²) in [5.41, 5.74) is 0.805. The van der Waals surface area contributed by atoms with Gasteiger partial charge in [-0.15, -0.1) is 0 Å². The minimum Gasteiger partial charge on any atom is -0.493 e. The number of carbonyl (C=O) groups is 1. The Kier molecular flexibility index (Phi) is 5.11. The van der Waals surface area contributed by atoms with Crippen molar-refractivity contribution in [3.8, 4) is 11.5 Å². The SMILES string of the molecule is COc1cc2nc(NC3CC3)nc(NC3CCN(C(C)=O)CC3)c2cc1OC. The molecule has 8 nitrogen and oxygen atoms in total. The fraction of sp³-hybridized carbons (Fsp3) is 0.550. The highest BCUT2D eigenvalue weighted by molar-refractivity contribution is 5.93. The molecule has 8 heteroatoms. The number of ether oxygens (including phenoxy) is 2. The van der Waals surface area contributed by atoms with Crippen LogP contribution < -0.4 is 20.1 Å². The van der Waals surface area contributed by atoms with Crippen molar-refractivity contribution in [1.82, 2.24) is 14.9 Å². The Hall–Kier alpha value is -2.77. The van der Waals surface area contributed by atoms with Crippen molar-refractivity contribution in [2.24, 2.45) is 0 Å². The van der Waals surface area contributed by atoms with Crippen LogP contribution in [0.5, 0.6) is 11.5 Å². The molecule has 1 amide bonds. The number of carbonyl (C=O) groups excluding carboxylic acids is 1. The van der Waals surface area contributed by atoms with Gasteiger partial charge in [0.05, 0.1) is 19.7 Å². The van der Waals surface area contributed by atoms with Crippen LogP contribution in [0, 0.1) is 0 Å². The Labute approximate surface area is 164 Å². The Morgan fingerprint density at radius 1 is 1.00 bits per heavy atom. The normalized spacial score (nSPS) is 17.5. The van der Waals surface area contributed by atoms with Gasteiger partial charge in [0, 0.05) is 43.5 Å². The zero-order valence-electron chi connectivity index (χ0n) is 16.6. The number of likely N-dealkylation sites (tertiary alicyclic amines) is 1. The number of amides is 1. The third-order valence-corrected chi connectivity index (χ3v) is 5.39. The molecular formula is C20H27N5O3. The highest BCUT2D eigenvalue weighted by Crippen LogP contribution is 2.35. The average molecular weight is 385 g/mol. The molecule has 2 fully saturated rings. The summed E-state index contributed by atoms with van der Waals surface area (Å²) in [6.07, 6.45) is 4.09. The zero-order valence-corrected chi connectivity index (χ0v) is 16.6. The van der Waals surface area contributed by atoms with Gasteiger partial charge in [-0.1, -0.05) is 0 Å². The molecule has 2 aromatic rings. The van der Waals surface area contributed by atoms with E-state index >= 15 is 0 Å². The second-order valence-electron chi connectivity index (χ2n) is 7.46. The Morgan fingerprint density at radius 2 is 1.64 bits per heavy atom. The van der Waals surface area contributed by atoms with Gasteiger partial charge < -0.3 is 25.0 Å². The fourth-order valence-electron chi connectivity index (χ4n) is 3.57. The van der Waals surface area contributed by atoms with Crippen LogP contribution >= 0.6 is 0 Å². The van der Waals surface area contributed by atoms with E-state index in [1.165, 1.54) is 0 Å². The maximum absolute atomic E-state index is 11.6. The molecule has 0 atom stereocenters. The number of nitrogens with one attached hydrogen (secondary N) is 2. The molecule has 28 heavy (non-hydrogen) atoms. The summed E-state index contributed by atoms with van der Waals surface area (Å²) in [7, 11) is 3.24. The molecule has 1 aliphatic carbocycles. The first-order valence-corrected chi connectivity index (χ1v) is 9.79. The van der Waals surface area contributed by atoms with Crippen molar-refractivity contribution in [2.75, 3.05) is 37.9 Å². The van der Waals surface area contributed by atoms with Crippen molar-refractivity contribution in [2.45, 2.75) is 44.7 Å². The molecule has 2 heterocycles. The number of hydrogen-bond donors (Lipinski definition) is 2. The number of hydrogen-bond acceptors (Lipinski definition) is 7. The number of benzene rings is 1.